The molecule has 0 atom stereocenters. The van der Waals surface area contributed by atoms with E-state index in [9.17, 15) is 0 Å². The number of nitrogens with one attached hydrogen (secondary N) is 1. The summed E-state index contributed by atoms with van der Waals surface area (Å²) in [6.45, 7) is 1.10. The minimum atomic E-state index is 0. The number of rotatable bonds is 2. The summed E-state index contributed by atoms with van der Waals surface area (Å²) in [5.41, 5.74) is 1.40. The highest BCUT2D eigenvalue weighted by Gasteiger charge is 2.06. The summed E-state index contributed by atoms with van der Waals surface area (Å²) in [4.78, 5) is 1.42. The highest BCUT2D eigenvalue weighted by molar-refractivity contribution is 5.13. The Bertz CT molecular complexity index is 253. The lowest BCUT2D eigenvalue weighted by Crippen LogP contribution is -3.02. The van der Waals surface area contributed by atoms with E-state index >= 15 is 0 Å². The Morgan fingerprint density at radius 3 is 1.53 bits per heavy atom. The fourth-order valence-corrected chi connectivity index (χ4v) is 1.13. The fraction of sp³-hybridized carbons (Fsp3) is 0.538. The van der Waals surface area contributed by atoms with Crippen LogP contribution in [0.2, 0.25) is 0 Å². The molecule has 0 heterocycles. The highest BCUT2D eigenvalue weighted by atomic mass is 35.5. The Hall–Kier alpha value is -0.280. The molecule has 0 fully saturated rings. The van der Waals surface area contributed by atoms with Gasteiger partial charge in [-0.1, -0.05) is 30.3 Å². The zero-order valence-corrected chi connectivity index (χ0v) is 13.3. The first-order valence-electron chi connectivity index (χ1n) is 5.42. The van der Waals surface area contributed by atoms with Gasteiger partial charge in [0.1, 0.15) is 6.54 Å². The number of benzene rings is 1. The van der Waals surface area contributed by atoms with Gasteiger partial charge in [-0.25, -0.2) is 0 Å². The summed E-state index contributed by atoms with van der Waals surface area (Å²) in [7, 11) is 12.9. The fourth-order valence-electron chi connectivity index (χ4n) is 1.13. The van der Waals surface area contributed by atoms with E-state index in [-0.39, 0.29) is 24.8 Å². The molecule has 2 nitrogen and oxygen atoms in total. The van der Waals surface area contributed by atoms with Crippen LogP contribution < -0.4 is 29.7 Å². The Kier molecular flexibility index (Phi) is 14.0. The highest BCUT2D eigenvalue weighted by Crippen LogP contribution is 2.04. The van der Waals surface area contributed by atoms with Gasteiger partial charge in [-0.3, -0.25) is 0 Å². The smallest absolute Gasteiger partial charge is 0.104 e. The van der Waals surface area contributed by atoms with E-state index in [2.05, 4.69) is 72.6 Å². The largest absolute Gasteiger partial charge is 1.00 e. The maximum atomic E-state index is 2.20. The van der Waals surface area contributed by atoms with Crippen molar-refractivity contribution in [2.75, 3.05) is 42.3 Å². The van der Waals surface area contributed by atoms with E-state index in [0.29, 0.717) is 0 Å². The summed E-state index contributed by atoms with van der Waals surface area (Å²) in [6, 6.07) is 10.6. The van der Waals surface area contributed by atoms with Crippen LogP contribution in [-0.4, -0.2) is 46.8 Å². The summed E-state index contributed by atoms with van der Waals surface area (Å²) >= 11 is 0. The van der Waals surface area contributed by atoms with Gasteiger partial charge in [-0.05, 0) is 0 Å². The van der Waals surface area contributed by atoms with E-state index in [4.69, 9.17) is 0 Å². The molecule has 0 amide bonds. The third kappa shape index (κ3) is 18.3. The maximum absolute atomic E-state index is 2.20. The van der Waals surface area contributed by atoms with Gasteiger partial charge in [0.2, 0.25) is 0 Å². The van der Waals surface area contributed by atoms with Gasteiger partial charge in [-0.15, -0.1) is 0 Å². The van der Waals surface area contributed by atoms with Crippen LogP contribution in [0.3, 0.4) is 0 Å². The predicted octanol–water partition coefficient (Wildman–Crippen LogP) is -5.34. The molecule has 102 valence electrons. The first-order chi connectivity index (χ1) is 6.81. The third-order valence-corrected chi connectivity index (χ3v) is 1.50. The van der Waals surface area contributed by atoms with Crippen molar-refractivity contribution in [1.82, 2.24) is 0 Å². The maximum Gasteiger partial charge on any atom is 0.104 e. The van der Waals surface area contributed by atoms with Crippen molar-refractivity contribution >= 4 is 0 Å². The van der Waals surface area contributed by atoms with Crippen LogP contribution in [0.5, 0.6) is 0 Å². The van der Waals surface area contributed by atoms with Crippen molar-refractivity contribution in [2.45, 2.75) is 6.54 Å². The molecular formula is C13H26Cl2N2. The average Bonchev–Trinajstić information content (AvgIpc) is 2.01. The molecule has 0 aliphatic rings. The molecule has 0 aliphatic heterocycles. The number of quaternary nitrogens is 2. The van der Waals surface area contributed by atoms with Gasteiger partial charge in [0.05, 0.1) is 42.3 Å². The van der Waals surface area contributed by atoms with E-state index < -0.39 is 0 Å². The molecule has 0 spiro atoms. The summed E-state index contributed by atoms with van der Waals surface area (Å²) in [5.74, 6) is 0. The van der Waals surface area contributed by atoms with Crippen LogP contribution in [0.4, 0.5) is 0 Å². The van der Waals surface area contributed by atoms with Crippen molar-refractivity contribution in [3.8, 4) is 0 Å². The van der Waals surface area contributed by atoms with Crippen molar-refractivity contribution in [2.24, 2.45) is 0 Å². The molecule has 1 rings (SSSR count). The van der Waals surface area contributed by atoms with Crippen molar-refractivity contribution in [3.05, 3.63) is 35.9 Å². The van der Waals surface area contributed by atoms with E-state index in [1.54, 1.807) is 0 Å². The zero-order valence-electron chi connectivity index (χ0n) is 11.8. The topological polar surface area (TPSA) is 4.44 Å². The van der Waals surface area contributed by atoms with Crippen LogP contribution in [0.25, 0.3) is 0 Å². The van der Waals surface area contributed by atoms with Crippen molar-refractivity contribution in [1.29, 1.82) is 0 Å². The van der Waals surface area contributed by atoms with Gasteiger partial charge < -0.3 is 34.2 Å². The van der Waals surface area contributed by atoms with Gasteiger partial charge >= 0.3 is 0 Å². The molecule has 1 N–H and O–H groups in total. The molecule has 1 aromatic rings. The summed E-state index contributed by atoms with van der Waals surface area (Å²) < 4.78 is 0.990. The van der Waals surface area contributed by atoms with Crippen LogP contribution in [0.1, 0.15) is 5.56 Å². The van der Waals surface area contributed by atoms with Crippen LogP contribution in [0.15, 0.2) is 30.3 Å². The Balaban J connectivity index is -0.000000289. The quantitative estimate of drug-likeness (QED) is 0.517. The van der Waals surface area contributed by atoms with E-state index in [0.717, 1.165) is 11.0 Å². The van der Waals surface area contributed by atoms with Gasteiger partial charge in [0.25, 0.3) is 0 Å². The zero-order chi connectivity index (χ0) is 11.9. The second kappa shape index (κ2) is 10.8. The number of nitrogens with zero attached hydrogens (tertiary/aromatic N) is 1. The molecule has 17 heavy (non-hydrogen) atoms. The molecule has 0 saturated heterocycles. The molecule has 0 aliphatic carbocycles. The summed E-state index contributed by atoms with van der Waals surface area (Å²) in [5, 5.41) is 0. The second-order valence-electron chi connectivity index (χ2n) is 5.43. The van der Waals surface area contributed by atoms with Crippen molar-refractivity contribution < 1.29 is 34.2 Å². The van der Waals surface area contributed by atoms with Crippen LogP contribution in [0, 0.1) is 0 Å². The molecule has 4 heteroatoms. The second-order valence-corrected chi connectivity index (χ2v) is 5.43. The lowest BCUT2D eigenvalue weighted by atomic mass is 10.2. The SMILES string of the molecule is C[N+](C)(C)Cc1ccccc1.C[NH+](C)C.[Cl-].[Cl-]. The normalized spacial score (nSPS) is 9.59. The number of halogens is 2. The first-order valence-corrected chi connectivity index (χ1v) is 5.42. The molecule has 0 bridgehead atoms. The molecule has 0 unspecified atom stereocenters. The standard InChI is InChI=1S/C10H16N.C3H9N.2ClH/c1-11(2,3)9-10-7-5-4-6-8-10;1-4(2)3;;/h4-8H,9H2,1-3H3;1-3H3;2*1H/q+1;;;/p-1. The Morgan fingerprint density at radius 2 is 1.24 bits per heavy atom. The molecule has 1 aromatic carbocycles. The predicted molar refractivity (Wildman–Crippen MR) is 66.9 cm³/mol. The first kappa shape index (κ1) is 21.9. The van der Waals surface area contributed by atoms with Crippen molar-refractivity contribution in [3.63, 3.8) is 0 Å². The monoisotopic (exact) mass is 280 g/mol. The lowest BCUT2D eigenvalue weighted by molar-refractivity contribution is -0.884. The third-order valence-electron chi connectivity index (χ3n) is 1.50. The molecule has 0 radical (unpaired) electrons. The van der Waals surface area contributed by atoms with Crippen LogP contribution >= 0.6 is 0 Å². The Morgan fingerprint density at radius 1 is 0.882 bits per heavy atom. The molecule has 0 aromatic heterocycles. The molecule has 0 saturated carbocycles. The molecular weight excluding hydrogens is 255 g/mol. The average molecular weight is 281 g/mol. The summed E-state index contributed by atoms with van der Waals surface area (Å²) in [6.07, 6.45) is 0. The Labute approximate surface area is 119 Å². The number of hydrogen-bond acceptors (Lipinski definition) is 0. The van der Waals surface area contributed by atoms with Crippen LogP contribution in [-0.2, 0) is 6.54 Å². The van der Waals surface area contributed by atoms with Gasteiger partial charge in [-0.2, -0.15) is 0 Å². The van der Waals surface area contributed by atoms with E-state index in [1.807, 2.05) is 0 Å². The van der Waals surface area contributed by atoms with E-state index in [1.165, 1.54) is 10.5 Å². The van der Waals surface area contributed by atoms with Gasteiger partial charge in [0, 0.05) is 5.56 Å². The minimum Gasteiger partial charge on any atom is -1.00 e. The lowest BCUT2D eigenvalue weighted by Gasteiger charge is -2.23. The number of hydrogen-bond donors (Lipinski definition) is 1. The minimum absolute atomic E-state index is 0. The van der Waals surface area contributed by atoms with Gasteiger partial charge in [0.15, 0.2) is 0 Å².